The number of halogens is 2. The Morgan fingerprint density at radius 1 is 1.33 bits per heavy atom. The van der Waals surface area contributed by atoms with Crippen molar-refractivity contribution < 1.29 is 4.39 Å². The molecule has 0 bridgehead atoms. The van der Waals surface area contributed by atoms with Crippen molar-refractivity contribution in [3.05, 3.63) is 47.3 Å². The molecule has 0 saturated heterocycles. The SMILES string of the molecule is F/C(Cl)=C\C#Cc1ccccc1. The van der Waals surface area contributed by atoms with Crippen LogP contribution in [0.3, 0.4) is 0 Å². The molecular formula is C10H6ClF. The fourth-order valence-corrected chi connectivity index (χ4v) is 0.750. The Morgan fingerprint density at radius 3 is 2.58 bits per heavy atom. The third-order valence-corrected chi connectivity index (χ3v) is 1.28. The number of rotatable bonds is 0. The molecule has 0 fully saturated rings. The fraction of sp³-hybridized carbons (Fsp3) is 0. The van der Waals surface area contributed by atoms with E-state index in [0.717, 1.165) is 11.6 Å². The van der Waals surface area contributed by atoms with Crippen molar-refractivity contribution in [3.63, 3.8) is 0 Å². The van der Waals surface area contributed by atoms with E-state index in [1.165, 1.54) is 0 Å². The van der Waals surface area contributed by atoms with E-state index in [1.807, 2.05) is 30.3 Å². The van der Waals surface area contributed by atoms with Crippen molar-refractivity contribution >= 4 is 11.6 Å². The van der Waals surface area contributed by atoms with Crippen LogP contribution in [-0.4, -0.2) is 0 Å². The van der Waals surface area contributed by atoms with Gasteiger partial charge in [0.05, 0.1) is 0 Å². The van der Waals surface area contributed by atoms with E-state index in [4.69, 9.17) is 11.6 Å². The van der Waals surface area contributed by atoms with Crippen molar-refractivity contribution in [3.8, 4) is 11.8 Å². The molecule has 0 N–H and O–H groups in total. The lowest BCUT2D eigenvalue weighted by Gasteiger charge is -1.84. The van der Waals surface area contributed by atoms with Crippen LogP contribution in [0.4, 0.5) is 4.39 Å². The predicted molar refractivity (Wildman–Crippen MR) is 48.4 cm³/mol. The van der Waals surface area contributed by atoms with Crippen molar-refractivity contribution in [2.45, 2.75) is 0 Å². The molecule has 2 heteroatoms. The number of hydrogen-bond acceptors (Lipinski definition) is 0. The molecule has 0 aliphatic heterocycles. The molecule has 0 saturated carbocycles. The molecule has 0 heterocycles. The molecule has 1 rings (SSSR count). The summed E-state index contributed by atoms with van der Waals surface area (Å²) in [4.78, 5) is 0. The van der Waals surface area contributed by atoms with E-state index in [0.29, 0.717) is 0 Å². The largest absolute Gasteiger partial charge is 0.197 e. The summed E-state index contributed by atoms with van der Waals surface area (Å²) in [6, 6.07) is 9.30. The molecule has 0 aromatic heterocycles. The van der Waals surface area contributed by atoms with Gasteiger partial charge in [0.1, 0.15) is 0 Å². The van der Waals surface area contributed by atoms with Crippen molar-refractivity contribution in [2.75, 3.05) is 0 Å². The minimum atomic E-state index is -0.793. The van der Waals surface area contributed by atoms with Crippen LogP contribution in [0.2, 0.25) is 0 Å². The molecule has 0 amide bonds. The van der Waals surface area contributed by atoms with Crippen LogP contribution in [0.25, 0.3) is 0 Å². The maximum absolute atomic E-state index is 11.9. The quantitative estimate of drug-likeness (QED) is 0.539. The predicted octanol–water partition coefficient (Wildman–Crippen LogP) is 3.09. The molecule has 0 spiro atoms. The summed E-state index contributed by atoms with van der Waals surface area (Å²) in [7, 11) is 0. The molecule has 0 unspecified atom stereocenters. The first-order chi connectivity index (χ1) is 5.79. The summed E-state index contributed by atoms with van der Waals surface area (Å²) in [5.74, 6) is 5.21. The summed E-state index contributed by atoms with van der Waals surface area (Å²) < 4.78 is 11.9. The first-order valence-corrected chi connectivity index (χ1v) is 3.74. The van der Waals surface area contributed by atoms with E-state index in [2.05, 4.69) is 11.8 Å². The van der Waals surface area contributed by atoms with Crippen LogP contribution < -0.4 is 0 Å². The summed E-state index contributed by atoms with van der Waals surface area (Å²) in [6.07, 6.45) is 1.02. The highest BCUT2D eigenvalue weighted by atomic mass is 35.5. The Morgan fingerprint density at radius 2 is 2.00 bits per heavy atom. The number of hydrogen-bond donors (Lipinski definition) is 0. The number of benzene rings is 1. The van der Waals surface area contributed by atoms with Gasteiger partial charge in [-0.1, -0.05) is 41.6 Å². The standard InChI is InChI=1S/C10H6ClF/c11-10(12)8-4-7-9-5-2-1-3-6-9/h1-3,5-6,8H/b10-8-. The van der Waals surface area contributed by atoms with Gasteiger partial charge in [0.15, 0.2) is 5.29 Å². The van der Waals surface area contributed by atoms with Crippen LogP contribution in [-0.2, 0) is 0 Å². The van der Waals surface area contributed by atoms with Gasteiger partial charge in [-0.15, -0.1) is 0 Å². The average Bonchev–Trinajstić information content (AvgIpc) is 2.05. The summed E-state index contributed by atoms with van der Waals surface area (Å²) in [5, 5.41) is -0.793. The highest BCUT2D eigenvalue weighted by Crippen LogP contribution is 2.00. The van der Waals surface area contributed by atoms with Gasteiger partial charge in [-0.2, -0.15) is 4.39 Å². The molecule has 1 aromatic carbocycles. The zero-order valence-corrected chi connectivity index (χ0v) is 6.98. The minimum Gasteiger partial charge on any atom is -0.193 e. The fourth-order valence-electron chi connectivity index (χ4n) is 0.695. The van der Waals surface area contributed by atoms with Crippen LogP contribution >= 0.6 is 11.6 Å². The van der Waals surface area contributed by atoms with E-state index in [1.54, 1.807) is 0 Å². The Hall–Kier alpha value is -1.26. The molecule has 0 radical (unpaired) electrons. The average molecular weight is 181 g/mol. The highest BCUT2D eigenvalue weighted by molar-refractivity contribution is 6.28. The summed E-state index contributed by atoms with van der Waals surface area (Å²) in [5.41, 5.74) is 0.840. The smallest absolute Gasteiger partial charge is 0.193 e. The Kier molecular flexibility index (Phi) is 3.37. The van der Waals surface area contributed by atoms with E-state index in [9.17, 15) is 4.39 Å². The highest BCUT2D eigenvalue weighted by Gasteiger charge is 1.81. The molecule has 0 aliphatic rings. The van der Waals surface area contributed by atoms with Gasteiger partial charge < -0.3 is 0 Å². The Labute approximate surface area is 75.7 Å². The molecule has 60 valence electrons. The third-order valence-electron chi connectivity index (χ3n) is 1.17. The topological polar surface area (TPSA) is 0 Å². The van der Waals surface area contributed by atoms with Gasteiger partial charge >= 0.3 is 0 Å². The van der Waals surface area contributed by atoms with Crippen LogP contribution in [0.15, 0.2) is 41.7 Å². The first kappa shape index (κ1) is 8.83. The zero-order valence-electron chi connectivity index (χ0n) is 6.22. The molecule has 0 atom stereocenters. The number of allylic oxidation sites excluding steroid dienone is 1. The summed E-state index contributed by atoms with van der Waals surface area (Å²) in [6.45, 7) is 0. The molecular weight excluding hydrogens is 175 g/mol. The van der Waals surface area contributed by atoms with Crippen LogP contribution in [0.1, 0.15) is 5.56 Å². The van der Waals surface area contributed by atoms with E-state index < -0.39 is 5.29 Å². The Bertz CT molecular complexity index is 326. The van der Waals surface area contributed by atoms with Gasteiger partial charge in [0.25, 0.3) is 0 Å². The molecule has 0 nitrogen and oxygen atoms in total. The first-order valence-electron chi connectivity index (χ1n) is 3.37. The van der Waals surface area contributed by atoms with Crippen molar-refractivity contribution in [1.82, 2.24) is 0 Å². The van der Waals surface area contributed by atoms with Crippen LogP contribution in [0.5, 0.6) is 0 Å². The van der Waals surface area contributed by atoms with Gasteiger partial charge in [-0.25, -0.2) is 0 Å². The Balaban J connectivity index is 2.74. The van der Waals surface area contributed by atoms with Gasteiger partial charge in [-0.05, 0) is 12.1 Å². The summed E-state index contributed by atoms with van der Waals surface area (Å²) >= 11 is 4.94. The second-order valence-corrected chi connectivity index (χ2v) is 2.43. The monoisotopic (exact) mass is 180 g/mol. The van der Waals surface area contributed by atoms with Gasteiger partial charge in [-0.3, -0.25) is 0 Å². The van der Waals surface area contributed by atoms with E-state index in [-0.39, 0.29) is 0 Å². The van der Waals surface area contributed by atoms with E-state index >= 15 is 0 Å². The zero-order chi connectivity index (χ0) is 8.81. The van der Waals surface area contributed by atoms with Crippen LogP contribution in [0, 0.1) is 11.8 Å². The third kappa shape index (κ3) is 3.23. The van der Waals surface area contributed by atoms with Gasteiger partial charge in [0.2, 0.25) is 0 Å². The maximum atomic E-state index is 11.9. The maximum Gasteiger partial charge on any atom is 0.197 e. The lowest BCUT2D eigenvalue weighted by atomic mass is 10.2. The normalized spacial score (nSPS) is 10.3. The van der Waals surface area contributed by atoms with Crippen molar-refractivity contribution in [1.29, 1.82) is 0 Å². The molecule has 12 heavy (non-hydrogen) atoms. The minimum absolute atomic E-state index is 0.793. The second kappa shape index (κ2) is 4.58. The molecule has 1 aromatic rings. The lowest BCUT2D eigenvalue weighted by Crippen LogP contribution is -1.68. The lowest BCUT2D eigenvalue weighted by molar-refractivity contribution is 0.696. The molecule has 0 aliphatic carbocycles. The second-order valence-electron chi connectivity index (χ2n) is 2.07. The van der Waals surface area contributed by atoms with Gasteiger partial charge in [0, 0.05) is 11.6 Å². The van der Waals surface area contributed by atoms with Crippen molar-refractivity contribution in [2.24, 2.45) is 0 Å².